The van der Waals surface area contributed by atoms with E-state index in [1.807, 2.05) is 4.90 Å². The predicted octanol–water partition coefficient (Wildman–Crippen LogP) is 1.57. The summed E-state index contributed by atoms with van der Waals surface area (Å²) in [5.41, 5.74) is 2.30. The smallest absolute Gasteiger partial charge is 0.266 e. The van der Waals surface area contributed by atoms with Crippen molar-refractivity contribution in [3.63, 3.8) is 0 Å². The molecule has 11 heteroatoms. The Bertz CT molecular complexity index is 1010. The number of nitrogens with one attached hydrogen (secondary N) is 1. The van der Waals surface area contributed by atoms with Crippen molar-refractivity contribution < 1.29 is 27.5 Å². The molecule has 5 rings (SSSR count). The number of amides is 1. The van der Waals surface area contributed by atoms with Crippen molar-refractivity contribution >= 4 is 21.6 Å². The first-order chi connectivity index (χ1) is 16.3. The molecule has 2 saturated heterocycles. The molecule has 0 spiro atoms. The fraction of sp³-hybridized carbons (Fsp3) is 0.696. The maximum absolute atomic E-state index is 14.5. The molecule has 34 heavy (non-hydrogen) atoms. The lowest BCUT2D eigenvalue weighted by Crippen LogP contribution is -2.63. The first-order valence-corrected chi connectivity index (χ1v) is 13.6. The van der Waals surface area contributed by atoms with Gasteiger partial charge in [0.05, 0.1) is 6.61 Å². The first kappa shape index (κ1) is 23.8. The van der Waals surface area contributed by atoms with E-state index in [1.54, 1.807) is 17.6 Å². The Morgan fingerprint density at radius 1 is 1.09 bits per heavy atom. The van der Waals surface area contributed by atoms with Gasteiger partial charge in [0.2, 0.25) is 10.0 Å². The number of anilines is 1. The van der Waals surface area contributed by atoms with Crippen LogP contribution in [0.4, 0.5) is 10.1 Å². The van der Waals surface area contributed by atoms with Crippen molar-refractivity contribution in [3.8, 4) is 5.75 Å². The normalized spacial score (nSPS) is 24.1. The summed E-state index contributed by atoms with van der Waals surface area (Å²) in [6.07, 6.45) is 4.81. The highest BCUT2D eigenvalue weighted by Gasteiger charge is 2.55. The third-order valence-electron chi connectivity index (χ3n) is 7.71. The Kier molecular flexibility index (Phi) is 6.47. The van der Waals surface area contributed by atoms with E-state index >= 15 is 0 Å². The second-order valence-electron chi connectivity index (χ2n) is 9.96. The molecular formula is C23H33FN4O5S. The van der Waals surface area contributed by atoms with E-state index in [-0.39, 0.29) is 31.7 Å². The zero-order valence-electron chi connectivity index (χ0n) is 19.3. The Labute approximate surface area is 199 Å². The average molecular weight is 497 g/mol. The number of nitrogens with zero attached hydrogens (tertiary/aromatic N) is 3. The number of carbonyl (C=O) groups is 1. The highest BCUT2D eigenvalue weighted by atomic mass is 32.2. The van der Waals surface area contributed by atoms with Crippen LogP contribution in [0.2, 0.25) is 0 Å². The van der Waals surface area contributed by atoms with Gasteiger partial charge in [-0.15, -0.1) is 0 Å². The minimum Gasteiger partial charge on any atom is -0.490 e. The summed E-state index contributed by atoms with van der Waals surface area (Å²) >= 11 is 0. The van der Waals surface area contributed by atoms with Gasteiger partial charge in [0, 0.05) is 57.1 Å². The van der Waals surface area contributed by atoms with Crippen molar-refractivity contribution in [1.82, 2.24) is 14.7 Å². The molecule has 2 saturated carbocycles. The largest absolute Gasteiger partial charge is 0.490 e. The third-order valence-corrected chi connectivity index (χ3v) is 10.3. The van der Waals surface area contributed by atoms with E-state index in [9.17, 15) is 22.8 Å². The van der Waals surface area contributed by atoms with Crippen molar-refractivity contribution in [2.45, 2.75) is 49.3 Å². The van der Waals surface area contributed by atoms with Crippen LogP contribution < -0.4 is 15.1 Å². The standard InChI is InChI=1S/C23H33FN4O5S/c24-20-15-19(5-6-21(20)33-16-17-1-2-17)27-11-13-28(14-12-27)34(31,32)23(22(29)25-30)7-9-26(10-8-23)18-3-4-18/h5-6,15,17-18,30H,1-4,7-14,16H2,(H,25,29). The van der Waals surface area contributed by atoms with E-state index in [0.29, 0.717) is 50.4 Å². The summed E-state index contributed by atoms with van der Waals surface area (Å²) in [7, 11) is -4.00. The van der Waals surface area contributed by atoms with Crippen molar-refractivity contribution in [1.29, 1.82) is 0 Å². The van der Waals surface area contributed by atoms with Crippen LogP contribution in [0.3, 0.4) is 0 Å². The van der Waals surface area contributed by atoms with Gasteiger partial charge in [-0.25, -0.2) is 18.3 Å². The molecule has 0 aromatic heterocycles. The fourth-order valence-corrected chi connectivity index (χ4v) is 7.24. The lowest BCUT2D eigenvalue weighted by atomic mass is 9.95. The number of rotatable bonds is 8. The van der Waals surface area contributed by atoms with Crippen LogP contribution in [0.1, 0.15) is 38.5 Å². The summed E-state index contributed by atoms with van der Waals surface area (Å²) in [5.74, 6) is -0.499. The lowest BCUT2D eigenvalue weighted by Gasteiger charge is -2.44. The van der Waals surface area contributed by atoms with Crippen molar-refractivity contribution in [3.05, 3.63) is 24.0 Å². The highest BCUT2D eigenvalue weighted by Crippen LogP contribution is 2.38. The number of hydrogen-bond donors (Lipinski definition) is 2. The number of sulfonamides is 1. The maximum Gasteiger partial charge on any atom is 0.266 e. The summed E-state index contributed by atoms with van der Waals surface area (Å²) < 4.78 is 47.1. The number of piperidine rings is 1. The second-order valence-corrected chi connectivity index (χ2v) is 12.2. The SMILES string of the molecule is O=C(NO)C1(S(=O)(=O)N2CCN(c3ccc(OCC4CC4)c(F)c3)CC2)CCN(C2CC2)CC1. The van der Waals surface area contributed by atoms with Crippen LogP contribution in [0.5, 0.6) is 5.75 Å². The van der Waals surface area contributed by atoms with E-state index in [0.717, 1.165) is 25.7 Å². The predicted molar refractivity (Wildman–Crippen MR) is 124 cm³/mol. The van der Waals surface area contributed by atoms with Crippen LogP contribution in [0, 0.1) is 11.7 Å². The molecule has 4 aliphatic rings. The molecule has 0 radical (unpaired) electrons. The van der Waals surface area contributed by atoms with Gasteiger partial charge in [-0.1, -0.05) is 0 Å². The van der Waals surface area contributed by atoms with Gasteiger partial charge >= 0.3 is 0 Å². The highest BCUT2D eigenvalue weighted by molar-refractivity contribution is 7.91. The molecule has 1 aromatic rings. The van der Waals surface area contributed by atoms with Gasteiger partial charge in [0.15, 0.2) is 16.3 Å². The zero-order valence-corrected chi connectivity index (χ0v) is 20.1. The third kappa shape index (κ3) is 4.50. The lowest BCUT2D eigenvalue weighted by molar-refractivity contribution is -0.133. The summed E-state index contributed by atoms with van der Waals surface area (Å²) in [4.78, 5) is 16.9. The maximum atomic E-state index is 14.5. The molecule has 2 aliphatic carbocycles. The minimum absolute atomic E-state index is 0.159. The van der Waals surface area contributed by atoms with Crippen molar-refractivity contribution in [2.75, 3.05) is 50.8 Å². The van der Waals surface area contributed by atoms with Gasteiger partial charge in [0.25, 0.3) is 5.91 Å². The molecule has 0 bridgehead atoms. The Hall–Kier alpha value is -1.95. The number of ether oxygens (including phenoxy) is 1. The van der Waals surface area contributed by atoms with Gasteiger partial charge in [0.1, 0.15) is 0 Å². The number of carbonyl (C=O) groups excluding carboxylic acids is 1. The number of benzene rings is 1. The molecule has 0 unspecified atom stereocenters. The van der Waals surface area contributed by atoms with Crippen LogP contribution in [0.25, 0.3) is 0 Å². The molecule has 2 aliphatic heterocycles. The Balaban J connectivity index is 1.24. The molecule has 2 N–H and O–H groups in total. The van der Waals surface area contributed by atoms with E-state index in [1.165, 1.54) is 10.4 Å². The molecule has 2 heterocycles. The van der Waals surface area contributed by atoms with Gasteiger partial charge in [-0.05, 0) is 56.6 Å². The monoisotopic (exact) mass is 496 g/mol. The van der Waals surface area contributed by atoms with Crippen LogP contribution in [-0.4, -0.2) is 85.4 Å². The number of likely N-dealkylation sites (tertiary alicyclic amines) is 1. The van der Waals surface area contributed by atoms with Crippen molar-refractivity contribution in [2.24, 2.45) is 5.92 Å². The number of piperazine rings is 1. The zero-order chi connectivity index (χ0) is 23.9. The van der Waals surface area contributed by atoms with Gasteiger partial charge in [-0.3, -0.25) is 10.0 Å². The first-order valence-electron chi connectivity index (χ1n) is 12.2. The summed E-state index contributed by atoms with van der Waals surface area (Å²) in [6, 6.07) is 5.35. The van der Waals surface area contributed by atoms with Gasteiger partial charge < -0.3 is 14.5 Å². The summed E-state index contributed by atoms with van der Waals surface area (Å²) in [6.45, 7) is 2.72. The average Bonchev–Trinajstić information content (AvgIpc) is 3.77. The summed E-state index contributed by atoms with van der Waals surface area (Å²) in [5, 5.41) is 9.36. The topological polar surface area (TPSA) is 102 Å². The second kappa shape index (κ2) is 9.25. The van der Waals surface area contributed by atoms with Crippen LogP contribution in [0.15, 0.2) is 18.2 Å². The number of halogens is 1. The molecule has 9 nitrogen and oxygen atoms in total. The molecular weight excluding hydrogens is 463 g/mol. The molecule has 188 valence electrons. The van der Waals surface area contributed by atoms with Crippen LogP contribution in [-0.2, 0) is 14.8 Å². The van der Waals surface area contributed by atoms with E-state index in [4.69, 9.17) is 4.74 Å². The molecule has 4 fully saturated rings. The van der Waals surface area contributed by atoms with E-state index < -0.39 is 26.5 Å². The molecule has 1 aromatic carbocycles. The Morgan fingerprint density at radius 2 is 1.76 bits per heavy atom. The fourth-order valence-electron chi connectivity index (χ4n) is 5.12. The molecule has 1 amide bonds. The number of hydrogen-bond acceptors (Lipinski definition) is 7. The minimum atomic E-state index is -4.00. The Morgan fingerprint density at radius 3 is 2.32 bits per heavy atom. The molecule has 0 atom stereocenters. The quantitative estimate of drug-likeness (QED) is 0.416. The van der Waals surface area contributed by atoms with Gasteiger partial charge in [-0.2, -0.15) is 4.31 Å². The van der Waals surface area contributed by atoms with Crippen LogP contribution >= 0.6 is 0 Å². The number of hydroxylamine groups is 1. The van der Waals surface area contributed by atoms with E-state index in [2.05, 4.69) is 4.90 Å².